The van der Waals surface area contributed by atoms with Crippen LogP contribution in [0.5, 0.6) is 0 Å². The summed E-state index contributed by atoms with van der Waals surface area (Å²) in [4.78, 5) is 11.3. The second-order valence-corrected chi connectivity index (χ2v) is 9.35. The minimum Gasteiger partial charge on any atom is -0.478 e. The van der Waals surface area contributed by atoms with E-state index in [4.69, 9.17) is 5.11 Å². The first kappa shape index (κ1) is 19.6. The molecule has 1 aromatic carbocycles. The van der Waals surface area contributed by atoms with Gasteiger partial charge < -0.3 is 5.11 Å². The molecule has 1 atom stereocenters. The topological polar surface area (TPSA) is 92.5 Å². The third-order valence-electron chi connectivity index (χ3n) is 4.79. The van der Waals surface area contributed by atoms with Crippen LogP contribution in [0.3, 0.4) is 0 Å². The van der Waals surface area contributed by atoms with Crippen molar-refractivity contribution in [3.05, 3.63) is 47.8 Å². The summed E-state index contributed by atoms with van der Waals surface area (Å²) in [5.41, 5.74) is 1.23. The van der Waals surface area contributed by atoms with Crippen molar-refractivity contribution in [2.45, 2.75) is 44.0 Å². The average molecular weight is 391 g/mol. The van der Waals surface area contributed by atoms with Gasteiger partial charge in [0.15, 0.2) is 0 Å². The van der Waals surface area contributed by atoms with Crippen LogP contribution in [0.25, 0.3) is 0 Å². The molecule has 146 valence electrons. The zero-order valence-electron chi connectivity index (χ0n) is 15.6. The van der Waals surface area contributed by atoms with Crippen LogP contribution in [0, 0.1) is 5.92 Å². The number of hydrogen-bond acceptors (Lipinski definition) is 4. The molecule has 0 spiro atoms. The smallest absolute Gasteiger partial charge is 0.338 e. The zero-order chi connectivity index (χ0) is 19.6. The number of carboxylic acid groups (broad SMARTS) is 1. The minimum atomic E-state index is -3.58. The van der Waals surface area contributed by atoms with E-state index < -0.39 is 16.0 Å². The zero-order valence-corrected chi connectivity index (χ0v) is 16.4. The first-order valence-corrected chi connectivity index (χ1v) is 10.6. The third kappa shape index (κ3) is 4.39. The number of carboxylic acids is 1. The Morgan fingerprint density at radius 1 is 1.30 bits per heavy atom. The van der Waals surface area contributed by atoms with Crippen molar-refractivity contribution in [2.24, 2.45) is 5.92 Å². The monoisotopic (exact) mass is 391 g/mol. The van der Waals surface area contributed by atoms with Gasteiger partial charge >= 0.3 is 5.97 Å². The Morgan fingerprint density at radius 3 is 2.59 bits per heavy atom. The van der Waals surface area contributed by atoms with E-state index in [0.29, 0.717) is 23.8 Å². The minimum absolute atomic E-state index is 0.107. The summed E-state index contributed by atoms with van der Waals surface area (Å²) in [5.74, 6) is -0.525. The fourth-order valence-corrected chi connectivity index (χ4v) is 4.94. The highest BCUT2D eigenvalue weighted by molar-refractivity contribution is 7.89. The average Bonchev–Trinajstić information content (AvgIpc) is 3.12. The van der Waals surface area contributed by atoms with Gasteiger partial charge in [-0.25, -0.2) is 13.2 Å². The molecular formula is C19H25N3O4S. The van der Waals surface area contributed by atoms with Gasteiger partial charge in [0, 0.05) is 19.3 Å². The molecule has 1 aromatic heterocycles. The molecule has 3 rings (SSSR count). The van der Waals surface area contributed by atoms with Crippen LogP contribution in [-0.2, 0) is 16.4 Å². The Hall–Kier alpha value is -2.19. The lowest BCUT2D eigenvalue weighted by atomic mass is 10.0. The molecule has 1 fully saturated rings. The van der Waals surface area contributed by atoms with Crippen LogP contribution in [-0.4, -0.2) is 46.7 Å². The summed E-state index contributed by atoms with van der Waals surface area (Å²) in [6, 6.07) is 6.93. The van der Waals surface area contributed by atoms with Gasteiger partial charge in [-0.2, -0.15) is 9.40 Å². The Labute approximate surface area is 159 Å². The third-order valence-corrected chi connectivity index (χ3v) is 6.67. The number of aromatic carboxylic acids is 1. The fourth-order valence-electron chi connectivity index (χ4n) is 3.42. The van der Waals surface area contributed by atoms with Crippen LogP contribution in [0.2, 0.25) is 0 Å². The lowest BCUT2D eigenvalue weighted by molar-refractivity contribution is 0.0696. The van der Waals surface area contributed by atoms with Crippen molar-refractivity contribution < 1.29 is 18.3 Å². The summed E-state index contributed by atoms with van der Waals surface area (Å²) in [5, 5.41) is 13.1. The number of piperidine rings is 1. The molecule has 1 unspecified atom stereocenters. The van der Waals surface area contributed by atoms with E-state index >= 15 is 0 Å². The number of hydrogen-bond donors (Lipinski definition) is 1. The Bertz CT molecular complexity index is 903. The van der Waals surface area contributed by atoms with Crippen molar-refractivity contribution in [1.29, 1.82) is 0 Å². The number of aromatic nitrogens is 2. The summed E-state index contributed by atoms with van der Waals surface area (Å²) >= 11 is 0. The largest absolute Gasteiger partial charge is 0.478 e. The first-order chi connectivity index (χ1) is 12.8. The van der Waals surface area contributed by atoms with E-state index in [9.17, 15) is 13.2 Å². The molecule has 1 aliphatic heterocycles. The second kappa shape index (κ2) is 7.82. The SMILES string of the molecule is CC(C)Cc1ccc(S(=O)(=O)N2CCCC(n3cc(C(=O)O)cn3)C2)cc1. The molecular weight excluding hydrogens is 366 g/mol. The second-order valence-electron chi connectivity index (χ2n) is 7.42. The highest BCUT2D eigenvalue weighted by Gasteiger charge is 2.31. The van der Waals surface area contributed by atoms with Crippen molar-refractivity contribution in [3.8, 4) is 0 Å². The Balaban J connectivity index is 1.76. The van der Waals surface area contributed by atoms with Gasteiger partial charge in [0.1, 0.15) is 0 Å². The maximum absolute atomic E-state index is 13.0. The normalized spacial score (nSPS) is 18.7. The summed E-state index contributed by atoms with van der Waals surface area (Å²) in [6.45, 7) is 5.00. The molecule has 0 radical (unpaired) electrons. The highest BCUT2D eigenvalue weighted by Crippen LogP contribution is 2.27. The van der Waals surface area contributed by atoms with Crippen LogP contribution >= 0.6 is 0 Å². The van der Waals surface area contributed by atoms with Crippen molar-refractivity contribution in [3.63, 3.8) is 0 Å². The maximum Gasteiger partial charge on any atom is 0.338 e. The number of sulfonamides is 1. The van der Waals surface area contributed by atoms with Crippen LogP contribution < -0.4 is 0 Å². The van der Waals surface area contributed by atoms with Gasteiger partial charge in [-0.15, -0.1) is 0 Å². The summed E-state index contributed by atoms with van der Waals surface area (Å²) in [6.07, 6.45) is 5.14. The maximum atomic E-state index is 13.0. The van der Waals surface area contributed by atoms with E-state index in [0.717, 1.165) is 18.4 Å². The summed E-state index contributed by atoms with van der Waals surface area (Å²) < 4.78 is 29.1. The lowest BCUT2D eigenvalue weighted by Gasteiger charge is -2.32. The van der Waals surface area contributed by atoms with Crippen molar-refractivity contribution >= 4 is 16.0 Å². The van der Waals surface area contributed by atoms with E-state index in [1.165, 1.54) is 16.7 Å². The molecule has 0 saturated carbocycles. The molecule has 0 amide bonds. The number of rotatable bonds is 6. The van der Waals surface area contributed by atoms with Gasteiger partial charge in [0.25, 0.3) is 0 Å². The van der Waals surface area contributed by atoms with Crippen LogP contribution in [0.15, 0.2) is 41.6 Å². The number of benzene rings is 1. The molecule has 2 heterocycles. The first-order valence-electron chi connectivity index (χ1n) is 9.14. The molecule has 0 bridgehead atoms. The van der Waals surface area contributed by atoms with E-state index in [1.807, 2.05) is 12.1 Å². The number of carbonyl (C=O) groups is 1. The predicted molar refractivity (Wildman–Crippen MR) is 101 cm³/mol. The molecule has 27 heavy (non-hydrogen) atoms. The van der Waals surface area contributed by atoms with Crippen LogP contribution in [0.1, 0.15) is 48.7 Å². The molecule has 1 N–H and O–H groups in total. The van der Waals surface area contributed by atoms with Gasteiger partial charge in [0.2, 0.25) is 10.0 Å². The standard InChI is InChI=1S/C19H25N3O4S/c1-14(2)10-15-5-7-18(8-6-15)27(25,26)21-9-3-4-17(13-21)22-12-16(11-20-22)19(23)24/h5-8,11-12,14,17H,3-4,9-10,13H2,1-2H3,(H,23,24). The lowest BCUT2D eigenvalue weighted by Crippen LogP contribution is -2.40. The summed E-state index contributed by atoms with van der Waals surface area (Å²) in [7, 11) is -3.58. The van der Waals surface area contributed by atoms with Gasteiger partial charge in [-0.05, 0) is 42.9 Å². The molecule has 7 nitrogen and oxygen atoms in total. The van der Waals surface area contributed by atoms with Crippen molar-refractivity contribution in [2.75, 3.05) is 13.1 Å². The van der Waals surface area contributed by atoms with E-state index in [-0.39, 0.29) is 18.2 Å². The number of nitrogens with zero attached hydrogens (tertiary/aromatic N) is 3. The van der Waals surface area contributed by atoms with E-state index in [2.05, 4.69) is 18.9 Å². The molecule has 8 heteroatoms. The quantitative estimate of drug-likeness (QED) is 0.817. The Kier molecular flexibility index (Phi) is 5.67. The van der Waals surface area contributed by atoms with Crippen molar-refractivity contribution in [1.82, 2.24) is 14.1 Å². The predicted octanol–water partition coefficient (Wildman–Crippen LogP) is 2.81. The van der Waals surface area contributed by atoms with Crippen LogP contribution in [0.4, 0.5) is 0 Å². The van der Waals surface area contributed by atoms with Gasteiger partial charge in [-0.1, -0.05) is 26.0 Å². The van der Waals surface area contributed by atoms with Gasteiger partial charge in [0.05, 0.1) is 22.7 Å². The fraction of sp³-hybridized carbons (Fsp3) is 0.474. The van der Waals surface area contributed by atoms with Gasteiger partial charge in [-0.3, -0.25) is 4.68 Å². The molecule has 2 aromatic rings. The molecule has 0 aliphatic carbocycles. The van der Waals surface area contributed by atoms with E-state index in [1.54, 1.807) is 16.8 Å². The molecule has 1 saturated heterocycles. The molecule has 1 aliphatic rings. The highest BCUT2D eigenvalue weighted by atomic mass is 32.2. The Morgan fingerprint density at radius 2 is 2.00 bits per heavy atom.